The molecule has 0 spiro atoms. The lowest BCUT2D eigenvalue weighted by Crippen LogP contribution is -2.28. The van der Waals surface area contributed by atoms with E-state index in [4.69, 9.17) is 0 Å². The van der Waals surface area contributed by atoms with Crippen LogP contribution in [-0.4, -0.2) is 39.9 Å². The number of nitrogens with one attached hydrogen (secondary N) is 1. The van der Waals surface area contributed by atoms with Gasteiger partial charge < -0.3 is 5.32 Å². The van der Waals surface area contributed by atoms with Crippen LogP contribution in [0.5, 0.6) is 0 Å². The molecule has 0 heterocycles. The van der Waals surface area contributed by atoms with Crippen molar-refractivity contribution < 1.29 is 13.2 Å². The van der Waals surface area contributed by atoms with Gasteiger partial charge in [0, 0.05) is 29.8 Å². The highest BCUT2D eigenvalue weighted by molar-refractivity contribution is 7.99. The van der Waals surface area contributed by atoms with Gasteiger partial charge in [0.2, 0.25) is 10.0 Å². The summed E-state index contributed by atoms with van der Waals surface area (Å²) in [5.74, 6) is 0.550. The number of sulfonamides is 1. The molecule has 0 aliphatic rings. The van der Waals surface area contributed by atoms with E-state index in [2.05, 4.69) is 29.6 Å². The number of carbonyl (C=O) groups is 1. The number of hydrogen-bond acceptors (Lipinski definition) is 4. The molecule has 26 heavy (non-hydrogen) atoms. The van der Waals surface area contributed by atoms with Gasteiger partial charge in [0.1, 0.15) is 0 Å². The van der Waals surface area contributed by atoms with Crippen molar-refractivity contribution >= 4 is 33.4 Å². The van der Waals surface area contributed by atoms with Gasteiger partial charge in [0.05, 0.1) is 11.9 Å². The van der Waals surface area contributed by atoms with Crippen LogP contribution in [0.4, 0.5) is 5.69 Å². The Kier molecular flexibility index (Phi) is 6.72. The lowest BCUT2D eigenvalue weighted by Gasteiger charge is -2.19. The quantitative estimate of drug-likeness (QED) is 0.580. The summed E-state index contributed by atoms with van der Waals surface area (Å²) in [6.07, 6.45) is 1.14. The Hall–Kier alpha value is -1.99. The first-order valence-electron chi connectivity index (χ1n) is 8.20. The Bertz CT molecular complexity index is 878. The fraction of sp³-hybridized carbons (Fsp3) is 0.316. The van der Waals surface area contributed by atoms with Crippen molar-refractivity contribution in [1.29, 1.82) is 0 Å². The van der Waals surface area contributed by atoms with E-state index in [1.54, 1.807) is 30.0 Å². The highest BCUT2D eigenvalue weighted by atomic mass is 32.2. The van der Waals surface area contributed by atoms with Gasteiger partial charge in [-0.3, -0.25) is 9.10 Å². The molecular weight excluding hydrogens is 368 g/mol. The number of anilines is 1. The van der Waals surface area contributed by atoms with Crippen LogP contribution in [0.15, 0.2) is 47.4 Å². The number of nitrogens with zero attached hydrogens (tertiary/aromatic N) is 1. The van der Waals surface area contributed by atoms with Gasteiger partial charge in [0.15, 0.2) is 0 Å². The summed E-state index contributed by atoms with van der Waals surface area (Å²) in [6.45, 7) is 4.39. The van der Waals surface area contributed by atoms with Crippen molar-refractivity contribution in [3.8, 4) is 0 Å². The highest BCUT2D eigenvalue weighted by Gasteiger charge is 2.16. The van der Waals surface area contributed by atoms with Gasteiger partial charge in [-0.2, -0.15) is 0 Å². The van der Waals surface area contributed by atoms with Crippen LogP contribution in [0, 0.1) is 13.8 Å². The molecule has 0 fully saturated rings. The van der Waals surface area contributed by atoms with E-state index in [9.17, 15) is 13.2 Å². The second kappa shape index (κ2) is 8.60. The Labute approximate surface area is 159 Å². The van der Waals surface area contributed by atoms with E-state index in [1.807, 2.05) is 13.8 Å². The Morgan fingerprint density at radius 1 is 1.12 bits per heavy atom. The standard InChI is InChI=1S/C19H24N2O3S2/c1-14-5-9-17(10-6-14)25-12-11-20-19(22)16-8-7-15(2)18(13-16)21(3)26(4,23)24/h5-10,13H,11-12H2,1-4H3,(H,20,22). The Morgan fingerprint density at radius 2 is 1.77 bits per heavy atom. The van der Waals surface area contributed by atoms with E-state index in [0.717, 1.165) is 22.5 Å². The SMILES string of the molecule is Cc1ccc(SCCNC(=O)c2ccc(C)c(N(C)S(C)(=O)=O)c2)cc1. The van der Waals surface area contributed by atoms with Crippen LogP contribution >= 0.6 is 11.8 Å². The van der Waals surface area contributed by atoms with E-state index in [-0.39, 0.29) is 5.91 Å². The van der Waals surface area contributed by atoms with Gasteiger partial charge in [-0.1, -0.05) is 23.8 Å². The molecule has 0 bridgehead atoms. The zero-order chi connectivity index (χ0) is 19.3. The summed E-state index contributed by atoms with van der Waals surface area (Å²) in [7, 11) is -1.89. The summed E-state index contributed by atoms with van der Waals surface area (Å²) in [4.78, 5) is 13.5. The second-order valence-electron chi connectivity index (χ2n) is 6.15. The topological polar surface area (TPSA) is 66.5 Å². The molecule has 2 aromatic carbocycles. The van der Waals surface area contributed by atoms with Crippen LogP contribution in [0.3, 0.4) is 0 Å². The molecule has 5 nitrogen and oxygen atoms in total. The maximum Gasteiger partial charge on any atom is 0.251 e. The van der Waals surface area contributed by atoms with Crippen molar-refractivity contribution in [3.63, 3.8) is 0 Å². The number of hydrogen-bond donors (Lipinski definition) is 1. The summed E-state index contributed by atoms with van der Waals surface area (Å²) < 4.78 is 24.7. The highest BCUT2D eigenvalue weighted by Crippen LogP contribution is 2.23. The van der Waals surface area contributed by atoms with Crippen LogP contribution < -0.4 is 9.62 Å². The van der Waals surface area contributed by atoms with Crippen LogP contribution in [0.25, 0.3) is 0 Å². The predicted octanol–water partition coefficient (Wildman–Crippen LogP) is 3.22. The van der Waals surface area contributed by atoms with Crippen molar-refractivity contribution in [2.45, 2.75) is 18.7 Å². The monoisotopic (exact) mass is 392 g/mol. The van der Waals surface area contributed by atoms with Crippen molar-refractivity contribution in [3.05, 3.63) is 59.2 Å². The van der Waals surface area contributed by atoms with Crippen molar-refractivity contribution in [2.24, 2.45) is 0 Å². The fourth-order valence-electron chi connectivity index (χ4n) is 2.34. The molecule has 0 aliphatic carbocycles. The first-order valence-corrected chi connectivity index (χ1v) is 11.0. The normalized spacial score (nSPS) is 11.2. The minimum atomic E-state index is -3.38. The van der Waals surface area contributed by atoms with Gasteiger partial charge >= 0.3 is 0 Å². The molecule has 0 aromatic heterocycles. The maximum absolute atomic E-state index is 12.3. The summed E-state index contributed by atoms with van der Waals surface area (Å²) in [6, 6.07) is 13.3. The van der Waals surface area contributed by atoms with Gasteiger partial charge in [-0.15, -0.1) is 11.8 Å². The van der Waals surface area contributed by atoms with E-state index >= 15 is 0 Å². The molecule has 0 saturated heterocycles. The summed E-state index contributed by atoms with van der Waals surface area (Å²) in [5, 5.41) is 2.88. The molecular formula is C19H24N2O3S2. The lowest BCUT2D eigenvalue weighted by molar-refractivity contribution is 0.0956. The zero-order valence-corrected chi connectivity index (χ0v) is 17.1. The molecule has 0 unspecified atom stereocenters. The third-order valence-electron chi connectivity index (χ3n) is 3.99. The van der Waals surface area contributed by atoms with Gasteiger partial charge in [-0.05, 0) is 43.7 Å². The fourth-order valence-corrected chi connectivity index (χ4v) is 3.66. The predicted molar refractivity (Wildman–Crippen MR) is 109 cm³/mol. The van der Waals surface area contributed by atoms with Crippen LogP contribution in [0.2, 0.25) is 0 Å². The molecule has 1 amide bonds. The Balaban J connectivity index is 1.96. The molecule has 0 aliphatic heterocycles. The number of benzene rings is 2. The molecule has 1 N–H and O–H groups in total. The maximum atomic E-state index is 12.3. The van der Waals surface area contributed by atoms with Crippen LogP contribution in [-0.2, 0) is 10.0 Å². The first kappa shape index (κ1) is 20.3. The second-order valence-corrected chi connectivity index (χ2v) is 9.33. The van der Waals surface area contributed by atoms with Crippen molar-refractivity contribution in [1.82, 2.24) is 5.32 Å². The molecule has 0 radical (unpaired) electrons. The third-order valence-corrected chi connectivity index (χ3v) is 6.19. The molecule has 140 valence electrons. The lowest BCUT2D eigenvalue weighted by atomic mass is 10.1. The van der Waals surface area contributed by atoms with E-state index < -0.39 is 10.0 Å². The number of carbonyl (C=O) groups excluding carboxylic acids is 1. The summed E-state index contributed by atoms with van der Waals surface area (Å²) >= 11 is 1.68. The smallest absolute Gasteiger partial charge is 0.251 e. The number of aryl methyl sites for hydroxylation is 2. The molecule has 7 heteroatoms. The summed E-state index contributed by atoms with van der Waals surface area (Å²) in [5.41, 5.74) is 2.97. The number of amides is 1. The largest absolute Gasteiger partial charge is 0.351 e. The average molecular weight is 393 g/mol. The minimum Gasteiger partial charge on any atom is -0.351 e. The average Bonchev–Trinajstić information content (AvgIpc) is 2.59. The molecule has 0 saturated carbocycles. The molecule has 2 aromatic rings. The number of rotatable bonds is 7. The van der Waals surface area contributed by atoms with Gasteiger partial charge in [0.25, 0.3) is 5.91 Å². The Morgan fingerprint density at radius 3 is 2.38 bits per heavy atom. The third kappa shape index (κ3) is 5.51. The molecule has 0 atom stereocenters. The van der Waals surface area contributed by atoms with E-state index in [1.165, 1.54) is 16.9 Å². The van der Waals surface area contributed by atoms with Gasteiger partial charge in [-0.25, -0.2) is 8.42 Å². The number of thioether (sulfide) groups is 1. The van der Waals surface area contributed by atoms with Crippen molar-refractivity contribution in [2.75, 3.05) is 29.9 Å². The van der Waals surface area contributed by atoms with Crippen LogP contribution in [0.1, 0.15) is 21.5 Å². The zero-order valence-electron chi connectivity index (χ0n) is 15.4. The molecule has 2 rings (SSSR count). The first-order chi connectivity index (χ1) is 12.2. The minimum absolute atomic E-state index is 0.211. The van der Waals surface area contributed by atoms with E-state index in [0.29, 0.717) is 17.8 Å².